The number of likely N-dealkylation sites (N-methyl/N-ethyl adjacent to an activating group) is 1. The zero-order chi connectivity index (χ0) is 19.1. The Balaban J connectivity index is 2.05. The second kappa shape index (κ2) is 8.88. The Morgan fingerprint density at radius 1 is 1.23 bits per heavy atom. The number of nitriles is 1. The van der Waals surface area contributed by atoms with Crippen LogP contribution in [0.2, 0.25) is 0 Å². The van der Waals surface area contributed by atoms with Crippen molar-refractivity contribution in [2.75, 3.05) is 26.6 Å². The van der Waals surface area contributed by atoms with Crippen LogP contribution in [0.25, 0.3) is 0 Å². The minimum Gasteiger partial charge on any atom is -0.497 e. The quantitative estimate of drug-likeness (QED) is 0.828. The van der Waals surface area contributed by atoms with Gasteiger partial charge in [0.25, 0.3) is 0 Å². The number of hydrogen-bond acceptors (Lipinski definition) is 5. The van der Waals surface area contributed by atoms with E-state index < -0.39 is 0 Å². The number of rotatable bonds is 7. The molecule has 2 aromatic rings. The Morgan fingerprint density at radius 3 is 2.65 bits per heavy atom. The van der Waals surface area contributed by atoms with Crippen molar-refractivity contribution in [3.63, 3.8) is 0 Å². The molecular weight excluding hydrogens is 330 g/mol. The maximum Gasteiger partial charge on any atom is 0.241 e. The number of methoxy groups -OCH3 is 2. The highest BCUT2D eigenvalue weighted by Gasteiger charge is 2.20. The molecule has 0 bridgehead atoms. The molecule has 0 spiro atoms. The lowest BCUT2D eigenvalue weighted by Crippen LogP contribution is -2.39. The third kappa shape index (κ3) is 4.74. The summed E-state index contributed by atoms with van der Waals surface area (Å²) in [6.07, 6.45) is 0. The second-order valence-electron chi connectivity index (χ2n) is 5.95. The summed E-state index contributed by atoms with van der Waals surface area (Å²) in [7, 11) is 5.09. The second-order valence-corrected chi connectivity index (χ2v) is 5.95. The van der Waals surface area contributed by atoms with Crippen LogP contribution in [0.1, 0.15) is 18.1 Å². The van der Waals surface area contributed by atoms with Gasteiger partial charge in [-0.25, -0.2) is 0 Å². The van der Waals surface area contributed by atoms with Crippen LogP contribution >= 0.6 is 0 Å². The molecule has 26 heavy (non-hydrogen) atoms. The summed E-state index contributed by atoms with van der Waals surface area (Å²) >= 11 is 0. The summed E-state index contributed by atoms with van der Waals surface area (Å²) in [6.45, 7) is 2.37. The highest BCUT2D eigenvalue weighted by molar-refractivity contribution is 5.94. The molecule has 0 aromatic heterocycles. The predicted molar refractivity (Wildman–Crippen MR) is 100 cm³/mol. The van der Waals surface area contributed by atoms with Crippen molar-refractivity contribution < 1.29 is 14.3 Å². The van der Waals surface area contributed by atoms with Gasteiger partial charge in [0.05, 0.1) is 31.9 Å². The molecule has 1 amide bonds. The first kappa shape index (κ1) is 19.3. The third-order valence-electron chi connectivity index (χ3n) is 4.21. The average molecular weight is 353 g/mol. The van der Waals surface area contributed by atoms with Crippen molar-refractivity contribution in [1.82, 2.24) is 4.90 Å². The van der Waals surface area contributed by atoms with Crippen LogP contribution in [0.5, 0.6) is 11.5 Å². The highest BCUT2D eigenvalue weighted by atomic mass is 16.5. The monoisotopic (exact) mass is 353 g/mol. The van der Waals surface area contributed by atoms with Crippen molar-refractivity contribution in [2.45, 2.75) is 19.5 Å². The molecule has 0 radical (unpaired) electrons. The number of anilines is 1. The number of benzene rings is 2. The van der Waals surface area contributed by atoms with Gasteiger partial charge in [-0.05, 0) is 38.2 Å². The first-order valence-corrected chi connectivity index (χ1v) is 8.20. The van der Waals surface area contributed by atoms with E-state index in [-0.39, 0.29) is 11.9 Å². The van der Waals surface area contributed by atoms with Crippen molar-refractivity contribution in [3.8, 4) is 17.6 Å². The van der Waals surface area contributed by atoms with Crippen LogP contribution in [0.3, 0.4) is 0 Å². The van der Waals surface area contributed by atoms with E-state index >= 15 is 0 Å². The fourth-order valence-electron chi connectivity index (χ4n) is 2.50. The Hall–Kier alpha value is -3.04. The standard InChI is InChI=1S/C20H23N3O3/c1-14(20(24)22-17-7-5-6-15(10-17)12-21)23(2)13-16-8-9-18(25-3)11-19(16)26-4/h5-11,14H,13H2,1-4H3,(H,22,24). The molecule has 0 saturated carbocycles. The summed E-state index contributed by atoms with van der Waals surface area (Å²) in [4.78, 5) is 14.4. The Labute approximate surface area is 153 Å². The van der Waals surface area contributed by atoms with E-state index in [1.165, 1.54) is 0 Å². The zero-order valence-corrected chi connectivity index (χ0v) is 15.4. The Morgan fingerprint density at radius 2 is 2.00 bits per heavy atom. The number of carbonyl (C=O) groups excluding carboxylic acids is 1. The summed E-state index contributed by atoms with van der Waals surface area (Å²) in [6, 6.07) is 14.2. The van der Waals surface area contributed by atoms with Crippen molar-refractivity contribution in [2.24, 2.45) is 0 Å². The van der Waals surface area contributed by atoms with Gasteiger partial charge in [-0.15, -0.1) is 0 Å². The maximum atomic E-state index is 12.5. The van der Waals surface area contributed by atoms with Crippen LogP contribution in [0.4, 0.5) is 5.69 Å². The fourth-order valence-corrected chi connectivity index (χ4v) is 2.50. The van der Waals surface area contributed by atoms with Gasteiger partial charge in [0.15, 0.2) is 0 Å². The number of amides is 1. The lowest BCUT2D eigenvalue weighted by atomic mass is 10.1. The van der Waals surface area contributed by atoms with Crippen molar-refractivity contribution in [1.29, 1.82) is 5.26 Å². The van der Waals surface area contributed by atoms with E-state index in [0.717, 1.165) is 11.3 Å². The number of nitrogens with one attached hydrogen (secondary N) is 1. The molecule has 0 heterocycles. The van der Waals surface area contributed by atoms with Gasteiger partial charge in [0.2, 0.25) is 5.91 Å². The topological polar surface area (TPSA) is 74.6 Å². The zero-order valence-electron chi connectivity index (χ0n) is 15.4. The summed E-state index contributed by atoms with van der Waals surface area (Å²) in [5.41, 5.74) is 2.07. The highest BCUT2D eigenvalue weighted by Crippen LogP contribution is 2.26. The molecule has 1 N–H and O–H groups in total. The molecule has 2 rings (SSSR count). The van der Waals surface area contributed by atoms with Gasteiger partial charge in [0.1, 0.15) is 11.5 Å². The van der Waals surface area contributed by atoms with Gasteiger partial charge < -0.3 is 14.8 Å². The Kier molecular flexibility index (Phi) is 6.59. The van der Waals surface area contributed by atoms with Gasteiger partial charge in [0, 0.05) is 23.9 Å². The lowest BCUT2D eigenvalue weighted by Gasteiger charge is -2.25. The molecule has 6 nitrogen and oxygen atoms in total. The molecule has 0 aliphatic heterocycles. The SMILES string of the molecule is COc1ccc(CN(C)C(C)C(=O)Nc2cccc(C#N)c2)c(OC)c1. The van der Waals surface area contributed by atoms with E-state index in [1.807, 2.05) is 37.1 Å². The van der Waals surface area contributed by atoms with Gasteiger partial charge in [-0.2, -0.15) is 5.26 Å². The molecular formula is C20H23N3O3. The largest absolute Gasteiger partial charge is 0.497 e. The van der Waals surface area contributed by atoms with Crippen LogP contribution in [0, 0.1) is 11.3 Å². The average Bonchev–Trinajstić information content (AvgIpc) is 2.67. The summed E-state index contributed by atoms with van der Waals surface area (Å²) in [5.74, 6) is 1.29. The number of nitrogens with zero attached hydrogens (tertiary/aromatic N) is 2. The molecule has 0 aliphatic rings. The normalized spacial score (nSPS) is 11.5. The minimum atomic E-state index is -0.368. The van der Waals surface area contributed by atoms with E-state index in [1.54, 1.807) is 38.5 Å². The Bertz CT molecular complexity index is 814. The first-order chi connectivity index (χ1) is 12.5. The first-order valence-electron chi connectivity index (χ1n) is 8.20. The van der Waals surface area contributed by atoms with Gasteiger partial charge in [-0.1, -0.05) is 12.1 Å². The predicted octanol–water partition coefficient (Wildman–Crippen LogP) is 3.03. The molecule has 0 saturated heterocycles. The van der Waals surface area contributed by atoms with Gasteiger partial charge >= 0.3 is 0 Å². The van der Waals surface area contributed by atoms with Crippen LogP contribution in [0.15, 0.2) is 42.5 Å². The van der Waals surface area contributed by atoms with E-state index in [4.69, 9.17) is 14.7 Å². The molecule has 2 aromatic carbocycles. The minimum absolute atomic E-state index is 0.143. The van der Waals surface area contributed by atoms with Crippen molar-refractivity contribution in [3.05, 3.63) is 53.6 Å². The smallest absolute Gasteiger partial charge is 0.241 e. The molecule has 6 heteroatoms. The molecule has 0 aliphatic carbocycles. The van der Waals surface area contributed by atoms with Crippen LogP contribution in [-0.4, -0.2) is 38.1 Å². The molecule has 1 unspecified atom stereocenters. The van der Waals surface area contributed by atoms with E-state index in [2.05, 4.69) is 11.4 Å². The lowest BCUT2D eigenvalue weighted by molar-refractivity contribution is -0.120. The number of carbonyl (C=O) groups is 1. The van der Waals surface area contributed by atoms with Crippen LogP contribution in [-0.2, 0) is 11.3 Å². The molecule has 0 fully saturated rings. The molecule has 136 valence electrons. The third-order valence-corrected chi connectivity index (χ3v) is 4.21. The summed E-state index contributed by atoms with van der Waals surface area (Å²) in [5, 5.41) is 11.8. The van der Waals surface area contributed by atoms with Crippen molar-refractivity contribution >= 4 is 11.6 Å². The van der Waals surface area contributed by atoms with E-state index in [9.17, 15) is 4.79 Å². The summed E-state index contributed by atoms with van der Waals surface area (Å²) < 4.78 is 10.6. The number of hydrogen-bond donors (Lipinski definition) is 1. The fraction of sp³-hybridized carbons (Fsp3) is 0.300. The number of ether oxygens (including phenoxy) is 2. The van der Waals surface area contributed by atoms with Gasteiger partial charge in [-0.3, -0.25) is 9.69 Å². The van der Waals surface area contributed by atoms with Crippen LogP contribution < -0.4 is 14.8 Å². The van der Waals surface area contributed by atoms with E-state index in [0.29, 0.717) is 23.5 Å². The maximum absolute atomic E-state index is 12.5. The molecule has 1 atom stereocenters.